The lowest BCUT2D eigenvalue weighted by atomic mass is 9.83. The zero-order valence-corrected chi connectivity index (χ0v) is 13.1. The molecule has 0 bridgehead atoms. The first kappa shape index (κ1) is 15.2. The minimum absolute atomic E-state index is 0.0805. The molecule has 0 amide bonds. The molecular weight excluding hydrogens is 278 g/mol. The summed E-state index contributed by atoms with van der Waals surface area (Å²) >= 11 is 0. The van der Waals surface area contributed by atoms with Gasteiger partial charge in [-0.15, -0.1) is 0 Å². The monoisotopic (exact) mass is 298 g/mol. The van der Waals surface area contributed by atoms with Gasteiger partial charge in [0.25, 0.3) is 0 Å². The molecule has 5 heteroatoms. The highest BCUT2D eigenvalue weighted by molar-refractivity contribution is 6.33. The van der Waals surface area contributed by atoms with Gasteiger partial charge in [-0.05, 0) is 43.7 Å². The van der Waals surface area contributed by atoms with Crippen LogP contribution in [0.4, 0.5) is 8.78 Å². The van der Waals surface area contributed by atoms with E-state index < -0.39 is 11.6 Å². The van der Waals surface area contributed by atoms with Crippen molar-refractivity contribution in [3.63, 3.8) is 0 Å². The van der Waals surface area contributed by atoms with Crippen LogP contribution in [0, 0.1) is 23.5 Å². The fraction of sp³-hybridized carbons (Fsp3) is 0.533. The molecule has 1 aromatic carbocycles. The van der Waals surface area contributed by atoms with Gasteiger partial charge in [-0.25, -0.2) is 8.78 Å². The number of halogens is 2. The van der Waals surface area contributed by atoms with Crippen LogP contribution in [0.25, 0.3) is 0 Å². The molecule has 0 spiro atoms. The second kappa shape index (κ2) is 6.97. The van der Waals surface area contributed by atoms with E-state index >= 15 is 0 Å². The molecule has 0 heterocycles. The molecule has 1 aromatic rings. The van der Waals surface area contributed by atoms with Crippen LogP contribution in [0.3, 0.4) is 0 Å². The number of benzene rings is 1. The number of esters is 1. The summed E-state index contributed by atoms with van der Waals surface area (Å²) in [5, 5.41) is 0. The maximum absolute atomic E-state index is 13.0. The molecule has 0 atom stereocenters. The lowest BCUT2D eigenvalue weighted by Gasteiger charge is -2.26. The van der Waals surface area contributed by atoms with Gasteiger partial charge in [0.05, 0.1) is 5.92 Å². The predicted octanol–water partition coefficient (Wildman–Crippen LogP) is 3.31. The van der Waals surface area contributed by atoms with Crippen molar-refractivity contribution in [3.8, 4) is 5.75 Å². The van der Waals surface area contributed by atoms with Gasteiger partial charge in [-0.2, -0.15) is 0 Å². The third kappa shape index (κ3) is 3.88. The van der Waals surface area contributed by atoms with Gasteiger partial charge in [0.15, 0.2) is 11.6 Å². The summed E-state index contributed by atoms with van der Waals surface area (Å²) < 4.78 is 31.0. The first-order valence-electron chi connectivity index (χ1n) is 7.27. The van der Waals surface area contributed by atoms with Crippen molar-refractivity contribution >= 4 is 15.5 Å². The van der Waals surface area contributed by atoms with E-state index in [2.05, 4.69) is 6.55 Å². The van der Waals surface area contributed by atoms with Crippen molar-refractivity contribution in [1.29, 1.82) is 0 Å². The highest BCUT2D eigenvalue weighted by atomic mass is 28.2. The van der Waals surface area contributed by atoms with Crippen LogP contribution in [0.2, 0.25) is 12.6 Å². The van der Waals surface area contributed by atoms with Gasteiger partial charge in [-0.3, -0.25) is 4.79 Å². The van der Waals surface area contributed by atoms with Crippen LogP contribution < -0.4 is 4.74 Å². The summed E-state index contributed by atoms with van der Waals surface area (Å²) in [5.74, 6) is -1.49. The molecule has 0 aliphatic heterocycles. The summed E-state index contributed by atoms with van der Waals surface area (Å²) in [6.07, 6.45) is 3.86. The van der Waals surface area contributed by atoms with E-state index in [-0.39, 0.29) is 27.2 Å². The minimum atomic E-state index is -0.994. The van der Waals surface area contributed by atoms with Crippen molar-refractivity contribution in [2.24, 2.45) is 11.8 Å². The topological polar surface area (TPSA) is 26.3 Å². The van der Waals surface area contributed by atoms with Gasteiger partial charge in [-0.1, -0.05) is 12.6 Å². The van der Waals surface area contributed by atoms with Crippen LogP contribution in [0.1, 0.15) is 25.7 Å². The molecule has 0 N–H and O–H groups in total. The Bertz CT molecular complexity index is 471. The Balaban J connectivity index is 1.88. The molecule has 1 aliphatic rings. The van der Waals surface area contributed by atoms with Crippen molar-refractivity contribution in [2.75, 3.05) is 0 Å². The number of carbonyl (C=O) groups excluding carboxylic acids is 1. The highest BCUT2D eigenvalue weighted by Crippen LogP contribution is 2.32. The standard InChI is InChI=1S/C15H20F2O2Si/c1-20-9-10-2-4-11(5-3-10)15(18)19-12-6-7-13(16)14(17)8-12/h6-8,10-11H,2-5,9,20H2,1H3. The van der Waals surface area contributed by atoms with Crippen molar-refractivity contribution < 1.29 is 18.3 Å². The molecule has 110 valence electrons. The van der Waals surface area contributed by atoms with Gasteiger partial charge < -0.3 is 4.74 Å². The first-order chi connectivity index (χ1) is 9.60. The van der Waals surface area contributed by atoms with E-state index in [0.717, 1.165) is 43.7 Å². The summed E-state index contributed by atoms with van der Waals surface area (Å²) in [4.78, 5) is 12.0. The Kier molecular flexibility index (Phi) is 5.28. The van der Waals surface area contributed by atoms with Crippen molar-refractivity contribution in [2.45, 2.75) is 38.3 Å². The molecule has 20 heavy (non-hydrogen) atoms. The zero-order valence-electron chi connectivity index (χ0n) is 11.7. The molecule has 0 radical (unpaired) electrons. The molecule has 0 unspecified atom stereocenters. The quantitative estimate of drug-likeness (QED) is 0.484. The van der Waals surface area contributed by atoms with Gasteiger partial charge >= 0.3 is 5.97 Å². The fourth-order valence-corrected chi connectivity index (χ4v) is 4.23. The number of hydrogen-bond acceptors (Lipinski definition) is 2. The van der Waals surface area contributed by atoms with Gasteiger partial charge in [0.2, 0.25) is 0 Å². The molecule has 0 aromatic heterocycles. The number of rotatable bonds is 4. The number of carbonyl (C=O) groups is 1. The van der Waals surface area contributed by atoms with Gasteiger partial charge in [0, 0.05) is 15.6 Å². The number of hydrogen-bond donors (Lipinski definition) is 0. The summed E-state index contributed by atoms with van der Waals surface area (Å²) in [6.45, 7) is 2.31. The third-order valence-electron chi connectivity index (χ3n) is 3.99. The van der Waals surface area contributed by atoms with Crippen LogP contribution in [-0.4, -0.2) is 15.5 Å². The Morgan fingerprint density at radius 2 is 1.95 bits per heavy atom. The van der Waals surface area contributed by atoms with E-state index in [4.69, 9.17) is 4.74 Å². The van der Waals surface area contributed by atoms with E-state index in [0.29, 0.717) is 0 Å². The number of ether oxygens (including phenoxy) is 1. The lowest BCUT2D eigenvalue weighted by molar-refractivity contribution is -0.140. The molecule has 2 nitrogen and oxygen atoms in total. The van der Waals surface area contributed by atoms with Crippen molar-refractivity contribution in [3.05, 3.63) is 29.8 Å². The Labute approximate surface area is 120 Å². The predicted molar refractivity (Wildman–Crippen MR) is 76.7 cm³/mol. The second-order valence-electron chi connectivity index (χ2n) is 5.50. The molecule has 0 saturated heterocycles. The summed E-state index contributed by atoms with van der Waals surface area (Å²) in [7, 11) is 0.0840. The smallest absolute Gasteiger partial charge is 0.314 e. The highest BCUT2D eigenvalue weighted by Gasteiger charge is 2.27. The van der Waals surface area contributed by atoms with Gasteiger partial charge in [0.1, 0.15) is 5.75 Å². The Hall–Kier alpha value is -1.23. The van der Waals surface area contributed by atoms with Crippen molar-refractivity contribution in [1.82, 2.24) is 0 Å². The van der Waals surface area contributed by atoms with E-state index in [1.54, 1.807) is 0 Å². The molecule has 1 saturated carbocycles. The zero-order chi connectivity index (χ0) is 14.5. The maximum atomic E-state index is 13.0. The average Bonchev–Trinajstić information content (AvgIpc) is 2.44. The lowest BCUT2D eigenvalue weighted by Crippen LogP contribution is -2.26. The third-order valence-corrected chi connectivity index (χ3v) is 5.38. The minimum Gasteiger partial charge on any atom is -0.426 e. The second-order valence-corrected chi connectivity index (χ2v) is 7.08. The normalized spacial score (nSPS) is 23.1. The Morgan fingerprint density at radius 1 is 1.25 bits per heavy atom. The van der Waals surface area contributed by atoms with Crippen LogP contribution in [0.5, 0.6) is 5.75 Å². The molecular formula is C15H20F2O2Si. The SMILES string of the molecule is C[SiH2]CC1CCC(C(=O)Oc2ccc(F)c(F)c2)CC1. The van der Waals surface area contributed by atoms with Crippen LogP contribution in [0.15, 0.2) is 18.2 Å². The average molecular weight is 298 g/mol. The van der Waals surface area contributed by atoms with E-state index in [9.17, 15) is 13.6 Å². The summed E-state index contributed by atoms with van der Waals surface area (Å²) in [6, 6.07) is 4.53. The van der Waals surface area contributed by atoms with E-state index in [1.165, 1.54) is 12.1 Å². The van der Waals surface area contributed by atoms with Crippen LogP contribution in [-0.2, 0) is 4.79 Å². The van der Waals surface area contributed by atoms with E-state index in [1.807, 2.05) is 0 Å². The molecule has 2 rings (SSSR count). The van der Waals surface area contributed by atoms with Crippen LogP contribution >= 0.6 is 0 Å². The fourth-order valence-electron chi connectivity index (χ4n) is 2.83. The first-order valence-corrected chi connectivity index (χ1v) is 9.68. The molecule has 1 aliphatic carbocycles. The summed E-state index contributed by atoms with van der Waals surface area (Å²) in [5.41, 5.74) is 0. The largest absolute Gasteiger partial charge is 0.426 e. The molecule has 1 fully saturated rings. The Morgan fingerprint density at radius 3 is 2.55 bits per heavy atom. The maximum Gasteiger partial charge on any atom is 0.314 e.